The van der Waals surface area contributed by atoms with Gasteiger partial charge in [0.1, 0.15) is 10.5 Å². The molecule has 2 rings (SSSR count). The van der Waals surface area contributed by atoms with Crippen LogP contribution in [0.2, 0.25) is 0 Å². The molecule has 6 heteroatoms. The van der Waals surface area contributed by atoms with Crippen molar-refractivity contribution in [3.05, 3.63) is 27.2 Å². The topological polar surface area (TPSA) is 46.5 Å². The van der Waals surface area contributed by atoms with E-state index in [-0.39, 0.29) is 0 Å². The summed E-state index contributed by atoms with van der Waals surface area (Å²) < 4.78 is 3.19. The number of aryl methyl sites for hydroxylation is 1. The Morgan fingerprint density at radius 2 is 2.18 bits per heavy atom. The number of halogens is 1. The lowest BCUT2D eigenvalue weighted by molar-refractivity contribution is 0.767. The highest BCUT2D eigenvalue weighted by molar-refractivity contribution is 9.10. The number of H-pyrrole nitrogens is 1. The molecule has 0 aliphatic carbocycles. The zero-order valence-electron chi connectivity index (χ0n) is 9.86. The summed E-state index contributed by atoms with van der Waals surface area (Å²) in [4.78, 5) is 7.66. The van der Waals surface area contributed by atoms with E-state index in [1.165, 1.54) is 0 Å². The largest absolute Gasteiger partial charge is 0.342 e. The first-order valence-electron chi connectivity index (χ1n) is 5.27. The summed E-state index contributed by atoms with van der Waals surface area (Å²) in [7, 11) is 1.88. The smallest absolute Gasteiger partial charge is 0.144 e. The zero-order chi connectivity index (χ0) is 12.6. The van der Waals surface area contributed by atoms with Gasteiger partial charge in [0, 0.05) is 18.9 Å². The lowest BCUT2D eigenvalue weighted by Crippen LogP contribution is -2.00. The molecule has 2 aromatic heterocycles. The summed E-state index contributed by atoms with van der Waals surface area (Å²) >= 11 is 8.72. The average Bonchev–Trinajstić information content (AvgIpc) is 2.68. The van der Waals surface area contributed by atoms with Crippen molar-refractivity contribution in [2.24, 2.45) is 7.05 Å². The van der Waals surface area contributed by atoms with Gasteiger partial charge in [-0.1, -0.05) is 26.1 Å². The fourth-order valence-corrected chi connectivity index (χ4v) is 2.40. The molecule has 0 bridgehead atoms. The van der Waals surface area contributed by atoms with Crippen LogP contribution < -0.4 is 0 Å². The minimum atomic E-state index is 0.351. The van der Waals surface area contributed by atoms with Gasteiger partial charge < -0.3 is 4.98 Å². The second-order valence-corrected chi connectivity index (χ2v) is 5.36. The summed E-state index contributed by atoms with van der Waals surface area (Å²) in [5, 5.41) is 4.13. The molecule has 0 atom stereocenters. The summed E-state index contributed by atoms with van der Waals surface area (Å²) in [5.74, 6) is 1.11. The van der Waals surface area contributed by atoms with Crippen molar-refractivity contribution in [1.29, 1.82) is 0 Å². The minimum absolute atomic E-state index is 0.351. The van der Waals surface area contributed by atoms with Gasteiger partial charge in [0.2, 0.25) is 0 Å². The molecule has 4 nitrogen and oxygen atoms in total. The van der Waals surface area contributed by atoms with E-state index in [0.29, 0.717) is 10.6 Å². The van der Waals surface area contributed by atoms with Crippen molar-refractivity contribution in [3.8, 4) is 11.4 Å². The molecule has 0 aromatic carbocycles. The van der Waals surface area contributed by atoms with Gasteiger partial charge in [0.05, 0.1) is 16.2 Å². The van der Waals surface area contributed by atoms with Crippen molar-refractivity contribution in [1.82, 2.24) is 19.7 Å². The molecule has 90 valence electrons. The van der Waals surface area contributed by atoms with Crippen molar-refractivity contribution in [2.75, 3.05) is 0 Å². The molecule has 0 fully saturated rings. The number of hydrogen-bond acceptors (Lipinski definition) is 3. The number of rotatable bonds is 2. The van der Waals surface area contributed by atoms with E-state index in [2.05, 4.69) is 44.8 Å². The van der Waals surface area contributed by atoms with Gasteiger partial charge in [-0.05, 0) is 21.8 Å². The van der Waals surface area contributed by atoms with Crippen LogP contribution in [0.3, 0.4) is 0 Å². The third-order valence-electron chi connectivity index (χ3n) is 2.45. The van der Waals surface area contributed by atoms with Crippen molar-refractivity contribution >= 4 is 28.1 Å². The molecule has 2 aromatic rings. The van der Waals surface area contributed by atoms with Crippen LogP contribution in [-0.2, 0) is 7.05 Å². The van der Waals surface area contributed by atoms with Crippen LogP contribution in [0.1, 0.15) is 25.5 Å². The monoisotopic (exact) mass is 312 g/mol. The highest BCUT2D eigenvalue weighted by atomic mass is 79.9. The first-order valence-corrected chi connectivity index (χ1v) is 6.48. The third-order valence-corrected chi connectivity index (χ3v) is 3.81. The highest BCUT2D eigenvalue weighted by Gasteiger charge is 2.11. The Bertz CT molecular complexity index is 600. The van der Waals surface area contributed by atoms with E-state index in [1.807, 2.05) is 13.2 Å². The van der Waals surface area contributed by atoms with E-state index in [9.17, 15) is 0 Å². The van der Waals surface area contributed by atoms with E-state index >= 15 is 0 Å². The summed E-state index contributed by atoms with van der Waals surface area (Å²) in [6, 6.07) is 0. The maximum absolute atomic E-state index is 5.25. The van der Waals surface area contributed by atoms with Gasteiger partial charge in [-0.25, -0.2) is 4.98 Å². The Kier molecular flexibility index (Phi) is 3.44. The predicted octanol–water partition coefficient (Wildman–Crippen LogP) is 3.43. The van der Waals surface area contributed by atoms with E-state index in [4.69, 9.17) is 12.2 Å². The molecule has 0 saturated carbocycles. The first-order chi connectivity index (χ1) is 7.99. The minimum Gasteiger partial charge on any atom is -0.342 e. The normalized spacial score (nSPS) is 11.1. The lowest BCUT2D eigenvalue weighted by atomic mass is 10.1. The number of aromatic amines is 1. The van der Waals surface area contributed by atoms with Gasteiger partial charge in [-0.2, -0.15) is 5.10 Å². The fraction of sp³-hybridized carbons (Fsp3) is 0.364. The zero-order valence-corrected chi connectivity index (χ0v) is 12.3. The average molecular weight is 313 g/mol. The Hall–Kier alpha value is -1.01. The SMILES string of the molecule is CC(C)c1[nH]c(-c2cnn(C)c2)nc(=S)c1Br. The van der Waals surface area contributed by atoms with Gasteiger partial charge in [-0.15, -0.1) is 0 Å². The van der Waals surface area contributed by atoms with E-state index in [1.54, 1.807) is 10.9 Å². The maximum atomic E-state index is 5.25. The van der Waals surface area contributed by atoms with Crippen molar-refractivity contribution in [2.45, 2.75) is 19.8 Å². The fourth-order valence-electron chi connectivity index (χ4n) is 1.55. The Morgan fingerprint density at radius 3 is 2.71 bits per heavy atom. The Labute approximate surface area is 113 Å². The molecule has 2 heterocycles. The quantitative estimate of drug-likeness (QED) is 0.864. The van der Waals surface area contributed by atoms with Crippen LogP contribution in [-0.4, -0.2) is 19.7 Å². The Balaban J connectivity index is 2.61. The van der Waals surface area contributed by atoms with Crippen LogP contribution in [0, 0.1) is 4.64 Å². The number of nitrogens with zero attached hydrogens (tertiary/aromatic N) is 3. The molecule has 0 radical (unpaired) electrons. The molecule has 0 saturated heterocycles. The van der Waals surface area contributed by atoms with Crippen molar-refractivity contribution in [3.63, 3.8) is 0 Å². The molecule has 0 aliphatic heterocycles. The summed E-state index contributed by atoms with van der Waals surface area (Å²) in [5.41, 5.74) is 2.00. The van der Waals surface area contributed by atoms with E-state index in [0.717, 1.165) is 21.6 Å². The number of hydrogen-bond donors (Lipinski definition) is 1. The molecule has 17 heavy (non-hydrogen) atoms. The van der Waals surface area contributed by atoms with Gasteiger partial charge >= 0.3 is 0 Å². The van der Waals surface area contributed by atoms with Gasteiger partial charge in [0.25, 0.3) is 0 Å². The highest BCUT2D eigenvalue weighted by Crippen LogP contribution is 2.25. The van der Waals surface area contributed by atoms with Crippen LogP contribution in [0.5, 0.6) is 0 Å². The van der Waals surface area contributed by atoms with Gasteiger partial charge in [0.15, 0.2) is 0 Å². The second kappa shape index (κ2) is 4.70. The van der Waals surface area contributed by atoms with Crippen LogP contribution in [0.15, 0.2) is 16.9 Å². The molecule has 0 aliphatic rings. The summed E-state index contributed by atoms with van der Waals surface area (Å²) in [6.07, 6.45) is 3.68. The van der Waals surface area contributed by atoms with Crippen LogP contribution in [0.25, 0.3) is 11.4 Å². The Morgan fingerprint density at radius 1 is 1.47 bits per heavy atom. The van der Waals surface area contributed by atoms with Gasteiger partial charge in [-0.3, -0.25) is 4.68 Å². The standard InChI is InChI=1S/C11H13BrN4S/c1-6(2)9-8(12)11(17)15-10(14-9)7-4-13-16(3)5-7/h4-6H,1-3H3,(H,14,15,17). The van der Waals surface area contributed by atoms with E-state index < -0.39 is 0 Å². The molecular formula is C11H13BrN4S. The van der Waals surface area contributed by atoms with Crippen molar-refractivity contribution < 1.29 is 0 Å². The maximum Gasteiger partial charge on any atom is 0.144 e. The number of aromatic nitrogens is 4. The number of nitrogens with one attached hydrogen (secondary N) is 1. The molecule has 0 amide bonds. The third kappa shape index (κ3) is 2.47. The first kappa shape index (κ1) is 12.4. The van der Waals surface area contributed by atoms with Crippen LogP contribution >= 0.6 is 28.1 Å². The molecule has 0 spiro atoms. The molecule has 0 unspecified atom stereocenters. The lowest BCUT2D eigenvalue weighted by Gasteiger charge is -2.10. The second-order valence-electron chi connectivity index (χ2n) is 4.18. The molecule has 1 N–H and O–H groups in total. The summed E-state index contributed by atoms with van der Waals surface area (Å²) in [6.45, 7) is 4.22. The molecular weight excluding hydrogens is 300 g/mol. The van der Waals surface area contributed by atoms with Crippen LogP contribution in [0.4, 0.5) is 0 Å². The predicted molar refractivity (Wildman–Crippen MR) is 73.4 cm³/mol.